The Kier molecular flexibility index (Phi) is 2.62. The Bertz CT molecular complexity index is 4810. The summed E-state index contributed by atoms with van der Waals surface area (Å²) in [6.07, 6.45) is 0. The summed E-state index contributed by atoms with van der Waals surface area (Å²) in [7, 11) is 0. The van der Waals surface area contributed by atoms with Crippen LogP contribution in [0.15, 0.2) is 151 Å². The van der Waals surface area contributed by atoms with Crippen LogP contribution in [0.3, 0.4) is 0 Å². The molecule has 0 atom stereocenters. The predicted molar refractivity (Wildman–Crippen MR) is 214 cm³/mol. The SMILES string of the molecule is [2H]c1c([2H])c([2H])c(-n2c3c([2H])c([2H])c([2H])c([2H])c3c3c([2H])c([2H])c([2H])c([2H])c32)c(-c2nc(Cl)nc(-n3c4c([2H])c([2H])c([2H])c([2H])c4c4c([2H])c5c6c([2H])c([2H])c([2H])c([2H])c6n6c7c([2H])c([2H])c([2H])c([2H])c7c(c43)c56)n2)c1[2H]. The molecular formula is C45H25ClN6. The van der Waals surface area contributed by atoms with Gasteiger partial charge in [0.25, 0.3) is 0 Å². The summed E-state index contributed by atoms with van der Waals surface area (Å²) in [6.45, 7) is 0. The lowest BCUT2D eigenvalue weighted by molar-refractivity contribution is 0.947. The minimum atomic E-state index is -0.953. The van der Waals surface area contributed by atoms with Crippen molar-refractivity contribution in [3.63, 3.8) is 0 Å². The van der Waals surface area contributed by atoms with E-state index in [1.54, 1.807) is 0 Å². The first-order valence-corrected chi connectivity index (χ1v) is 15.7. The van der Waals surface area contributed by atoms with Crippen molar-refractivity contribution in [2.75, 3.05) is 0 Å². The number of halogens is 1. The van der Waals surface area contributed by atoms with Crippen molar-refractivity contribution in [3.8, 4) is 23.0 Å². The molecule has 7 aromatic carbocycles. The molecule has 242 valence electrons. The monoisotopic (exact) mass is 709 g/mol. The lowest BCUT2D eigenvalue weighted by atomic mass is 10.0. The summed E-state index contributed by atoms with van der Waals surface area (Å²) in [6, 6.07) is -19.8. The molecule has 7 heteroatoms. The van der Waals surface area contributed by atoms with Gasteiger partial charge in [-0.2, -0.15) is 15.0 Å². The van der Waals surface area contributed by atoms with E-state index >= 15 is 0 Å². The van der Waals surface area contributed by atoms with Gasteiger partial charge >= 0.3 is 0 Å². The van der Waals surface area contributed by atoms with E-state index in [0.29, 0.717) is 0 Å². The summed E-state index contributed by atoms with van der Waals surface area (Å²) in [5.74, 6) is -1.51. The van der Waals surface area contributed by atoms with Gasteiger partial charge in [0.15, 0.2) is 5.82 Å². The second-order valence-corrected chi connectivity index (χ2v) is 11.9. The lowest BCUT2D eigenvalue weighted by Gasteiger charge is -2.14. The van der Waals surface area contributed by atoms with Crippen LogP contribution < -0.4 is 0 Å². The largest absolute Gasteiger partial charge is 0.309 e. The van der Waals surface area contributed by atoms with Crippen molar-refractivity contribution in [1.29, 1.82) is 0 Å². The highest BCUT2D eigenvalue weighted by atomic mass is 35.5. The summed E-state index contributed by atoms with van der Waals surface area (Å²) in [5, 5.41) is -3.53. The third-order valence-corrected chi connectivity index (χ3v) is 9.18. The number of para-hydroxylation sites is 6. The van der Waals surface area contributed by atoms with Crippen LogP contribution in [0.4, 0.5) is 0 Å². The minimum absolute atomic E-state index is 0.175. The third kappa shape index (κ3) is 3.56. The van der Waals surface area contributed by atoms with Crippen LogP contribution in [-0.2, 0) is 0 Å². The van der Waals surface area contributed by atoms with Crippen LogP contribution in [0.2, 0.25) is 5.28 Å². The van der Waals surface area contributed by atoms with Gasteiger partial charge in [0.1, 0.15) is 0 Å². The number of benzene rings is 7. The topological polar surface area (TPSA) is 52.9 Å². The van der Waals surface area contributed by atoms with Gasteiger partial charge < -0.3 is 8.97 Å². The molecule has 0 aliphatic heterocycles. The quantitative estimate of drug-likeness (QED) is 0.183. The van der Waals surface area contributed by atoms with Gasteiger partial charge in [-0.15, -0.1) is 0 Å². The molecule has 0 saturated heterocycles. The van der Waals surface area contributed by atoms with Crippen LogP contribution in [0, 0.1) is 0 Å². The zero-order valence-electron chi connectivity index (χ0n) is 50.6. The average Bonchev–Trinajstić information content (AvgIpc) is 3.59. The van der Waals surface area contributed by atoms with Gasteiger partial charge in [0.2, 0.25) is 11.2 Å². The van der Waals surface area contributed by atoms with Crippen molar-refractivity contribution in [2.24, 2.45) is 0 Å². The molecule has 0 bridgehead atoms. The Morgan fingerprint density at radius 1 is 0.442 bits per heavy atom. The van der Waals surface area contributed by atoms with E-state index in [1.165, 1.54) is 0 Å². The Morgan fingerprint density at radius 2 is 0.923 bits per heavy atom. The minimum Gasteiger partial charge on any atom is -0.309 e. The van der Waals surface area contributed by atoms with Crippen molar-refractivity contribution in [1.82, 2.24) is 28.5 Å². The van der Waals surface area contributed by atoms with Crippen LogP contribution in [0.1, 0.15) is 34.3 Å². The zero-order valence-corrected chi connectivity index (χ0v) is 26.3. The molecule has 0 fully saturated rings. The highest BCUT2D eigenvalue weighted by Crippen LogP contribution is 2.46. The number of rotatable bonds is 3. The summed E-state index contributed by atoms with van der Waals surface area (Å²) >= 11 is 6.79. The second kappa shape index (κ2) is 10.2. The van der Waals surface area contributed by atoms with Gasteiger partial charge in [-0.3, -0.25) is 4.57 Å². The molecule has 5 heterocycles. The Balaban J connectivity index is 1.34. The van der Waals surface area contributed by atoms with E-state index in [1.807, 2.05) is 0 Å². The van der Waals surface area contributed by atoms with Crippen molar-refractivity contribution >= 4 is 93.3 Å². The van der Waals surface area contributed by atoms with Gasteiger partial charge in [0, 0.05) is 48.7 Å². The van der Waals surface area contributed by atoms with Gasteiger partial charge in [-0.05, 0) is 59.9 Å². The summed E-state index contributed by atoms with van der Waals surface area (Å²) < 4.78 is 228. The smallest absolute Gasteiger partial charge is 0.239 e. The molecule has 0 radical (unpaired) electrons. The molecule has 0 aliphatic carbocycles. The highest BCUT2D eigenvalue weighted by Gasteiger charge is 2.26. The van der Waals surface area contributed by atoms with E-state index in [-0.39, 0.29) is 49.0 Å². The predicted octanol–water partition coefficient (Wildman–Crippen LogP) is 11.5. The number of nitrogens with zero attached hydrogens (tertiary/aromatic N) is 6. The number of fused-ring (bicyclic) bond motifs is 13. The molecule has 0 aliphatic rings. The normalized spacial score (nSPS) is 19.1. The van der Waals surface area contributed by atoms with Crippen LogP contribution in [0.25, 0.3) is 105 Å². The van der Waals surface area contributed by atoms with E-state index in [9.17, 15) is 9.60 Å². The summed E-state index contributed by atoms with van der Waals surface area (Å²) in [4.78, 5) is 13.3. The fourth-order valence-electron chi connectivity index (χ4n) is 7.09. The molecule has 0 spiro atoms. The van der Waals surface area contributed by atoms with E-state index in [4.69, 9.17) is 36.3 Å². The van der Waals surface area contributed by atoms with Crippen LogP contribution in [-0.4, -0.2) is 28.5 Å². The molecule has 0 saturated carbocycles. The molecule has 6 nitrogen and oxygen atoms in total. The highest BCUT2D eigenvalue weighted by molar-refractivity contribution is 6.34. The van der Waals surface area contributed by atoms with Gasteiger partial charge in [-0.25, -0.2) is 0 Å². The van der Waals surface area contributed by atoms with Gasteiger partial charge in [0.05, 0.1) is 78.6 Å². The first-order valence-electron chi connectivity index (χ1n) is 27.8. The molecule has 0 amide bonds. The number of aromatic nitrogens is 6. The maximum absolute atomic E-state index is 9.99. The second-order valence-electron chi connectivity index (χ2n) is 11.5. The average molecular weight is 710 g/mol. The van der Waals surface area contributed by atoms with Crippen molar-refractivity contribution < 1.29 is 34.3 Å². The molecule has 12 aromatic rings. The van der Waals surface area contributed by atoms with Gasteiger partial charge in [-0.1, -0.05) is 103 Å². The van der Waals surface area contributed by atoms with E-state index < -0.39 is 212 Å². The maximum atomic E-state index is 9.99. The first-order chi connectivity index (χ1) is 36.1. The van der Waals surface area contributed by atoms with Crippen LogP contribution >= 0.6 is 11.6 Å². The Labute approximate surface area is 335 Å². The fraction of sp³-hybridized carbons (Fsp3) is 0. The molecule has 0 unspecified atom stereocenters. The molecule has 5 aromatic heterocycles. The molecule has 52 heavy (non-hydrogen) atoms. The van der Waals surface area contributed by atoms with Crippen LogP contribution in [0.5, 0.6) is 0 Å². The van der Waals surface area contributed by atoms with Crippen molar-refractivity contribution in [3.05, 3.63) is 156 Å². The maximum Gasteiger partial charge on any atom is 0.239 e. The number of hydrogen-bond donors (Lipinski definition) is 0. The van der Waals surface area contributed by atoms with E-state index in [2.05, 4.69) is 15.0 Å². The Morgan fingerprint density at radius 3 is 1.60 bits per heavy atom. The zero-order chi connectivity index (χ0) is 55.8. The lowest BCUT2D eigenvalue weighted by Crippen LogP contribution is -2.06. The first kappa shape index (κ1) is 13.4. The number of hydrogen-bond acceptors (Lipinski definition) is 3. The summed E-state index contributed by atoms with van der Waals surface area (Å²) in [5.41, 5.74) is -4.22. The molecule has 0 N–H and O–H groups in total. The Hall–Kier alpha value is -6.76. The van der Waals surface area contributed by atoms with E-state index in [0.717, 1.165) is 13.5 Å². The third-order valence-electron chi connectivity index (χ3n) is 9.01. The standard InChI is InChI=1S/C45H25ClN6/c46-44-47-43(31-18-6-12-24-39(31)50-34-19-7-1-13-26(34)27-14-2-8-20-35(27)50)48-45(49-44)52-37-22-10-4-16-29(37)33-25-32-28-15-3-9-21-36(28)51-38-23-11-5-17-30(38)40(41(32)51)42(33)52/h1-25H/i1D,2D,3D,4D,5D,6D,7D,8D,9D,10D,11D,12D,13D,14D,15D,16D,17D,18D,19D,20D,21D,22D,23D,24D,25D. The molecular weight excluding hydrogens is 660 g/mol. The van der Waals surface area contributed by atoms with Crippen molar-refractivity contribution in [2.45, 2.75) is 0 Å². The fourth-order valence-corrected chi connectivity index (χ4v) is 7.25. The molecule has 12 rings (SSSR count).